The first-order valence-corrected chi connectivity index (χ1v) is 6.16. The van der Waals surface area contributed by atoms with Crippen LogP contribution in [0, 0.1) is 0 Å². The summed E-state index contributed by atoms with van der Waals surface area (Å²) in [6.07, 6.45) is 4.01. The van der Waals surface area contributed by atoms with Crippen molar-refractivity contribution in [2.24, 2.45) is 0 Å². The minimum Gasteiger partial charge on any atom is -0.346 e. The van der Waals surface area contributed by atoms with Gasteiger partial charge in [0.15, 0.2) is 0 Å². The highest BCUT2D eigenvalue weighted by atomic mass is 79.9. The second-order valence-electron chi connectivity index (χ2n) is 3.71. The average Bonchev–Trinajstić information content (AvgIpc) is 2.67. The summed E-state index contributed by atoms with van der Waals surface area (Å²) < 4.78 is 3.39. The van der Waals surface area contributed by atoms with E-state index in [-0.39, 0.29) is 0 Å². The fourth-order valence-electron chi connectivity index (χ4n) is 1.77. The lowest BCUT2D eigenvalue weighted by Gasteiger charge is -2.05. The molecule has 2 nitrogen and oxygen atoms in total. The highest BCUT2D eigenvalue weighted by Crippen LogP contribution is 2.20. The molecule has 0 amide bonds. The van der Waals surface area contributed by atoms with E-state index in [9.17, 15) is 0 Å². The summed E-state index contributed by atoms with van der Waals surface area (Å²) >= 11 is 3.48. The molecule has 84 valence electrons. The van der Waals surface area contributed by atoms with Crippen LogP contribution in [0.15, 0.2) is 47.6 Å². The number of halogens is 1. The van der Waals surface area contributed by atoms with Gasteiger partial charge in [-0.1, -0.05) is 22.0 Å². The normalized spacial score (nSPS) is 10.8. The van der Waals surface area contributed by atoms with Crippen molar-refractivity contribution in [3.05, 3.63) is 47.6 Å². The predicted octanol–water partition coefficient (Wildman–Crippen LogP) is 3.18. The standard InChI is InChI=1S/C13H15BrN2/c1-2-6-15-7-9-16-8-5-11-10-12(14)3-4-13(11)16/h2-5,8,10,15H,1,6-7,9H2. The third-order valence-corrected chi connectivity index (χ3v) is 3.04. The Balaban J connectivity index is 2.09. The molecule has 2 aromatic rings. The van der Waals surface area contributed by atoms with Crippen molar-refractivity contribution in [2.75, 3.05) is 13.1 Å². The molecule has 0 radical (unpaired) electrons. The molecular formula is C13H15BrN2. The molecule has 1 aromatic heterocycles. The molecule has 3 heteroatoms. The third kappa shape index (κ3) is 2.54. The topological polar surface area (TPSA) is 17.0 Å². The van der Waals surface area contributed by atoms with Gasteiger partial charge in [-0.2, -0.15) is 0 Å². The Bertz CT molecular complexity index is 488. The quantitative estimate of drug-likeness (QED) is 0.657. The zero-order valence-electron chi connectivity index (χ0n) is 9.12. The van der Waals surface area contributed by atoms with Crippen LogP contribution in [-0.2, 0) is 6.54 Å². The number of nitrogens with one attached hydrogen (secondary N) is 1. The molecule has 1 heterocycles. The van der Waals surface area contributed by atoms with Crippen LogP contribution in [-0.4, -0.2) is 17.7 Å². The highest BCUT2D eigenvalue weighted by Gasteiger charge is 2.00. The Kier molecular flexibility index (Phi) is 3.80. The molecule has 1 aromatic carbocycles. The fourth-order valence-corrected chi connectivity index (χ4v) is 2.15. The first-order chi connectivity index (χ1) is 7.81. The van der Waals surface area contributed by atoms with E-state index in [1.54, 1.807) is 0 Å². The summed E-state index contributed by atoms with van der Waals surface area (Å²) in [5.41, 5.74) is 1.28. The smallest absolute Gasteiger partial charge is 0.0481 e. The molecule has 16 heavy (non-hydrogen) atoms. The number of nitrogens with zero attached hydrogens (tertiary/aromatic N) is 1. The first kappa shape index (κ1) is 11.4. The van der Waals surface area contributed by atoms with E-state index >= 15 is 0 Å². The number of hydrogen-bond acceptors (Lipinski definition) is 1. The summed E-state index contributed by atoms with van der Waals surface area (Å²) in [6, 6.07) is 8.51. The van der Waals surface area contributed by atoms with E-state index in [1.807, 2.05) is 6.08 Å². The van der Waals surface area contributed by atoms with Crippen LogP contribution in [0.5, 0.6) is 0 Å². The van der Waals surface area contributed by atoms with Gasteiger partial charge >= 0.3 is 0 Å². The van der Waals surface area contributed by atoms with Gasteiger partial charge in [-0.25, -0.2) is 0 Å². The van der Waals surface area contributed by atoms with Crippen LogP contribution in [0.4, 0.5) is 0 Å². The van der Waals surface area contributed by atoms with Crippen LogP contribution in [0.2, 0.25) is 0 Å². The summed E-state index contributed by atoms with van der Waals surface area (Å²) in [4.78, 5) is 0. The Labute approximate surface area is 104 Å². The largest absolute Gasteiger partial charge is 0.346 e. The summed E-state index contributed by atoms with van der Waals surface area (Å²) in [7, 11) is 0. The van der Waals surface area contributed by atoms with E-state index < -0.39 is 0 Å². The van der Waals surface area contributed by atoms with Crippen molar-refractivity contribution in [2.45, 2.75) is 6.54 Å². The van der Waals surface area contributed by atoms with Crippen LogP contribution in [0.3, 0.4) is 0 Å². The van der Waals surface area contributed by atoms with E-state index in [0.717, 1.165) is 24.1 Å². The van der Waals surface area contributed by atoms with Gasteiger partial charge in [-0.05, 0) is 24.3 Å². The van der Waals surface area contributed by atoms with Crippen LogP contribution >= 0.6 is 15.9 Å². The summed E-state index contributed by atoms with van der Waals surface area (Å²) in [5, 5.41) is 4.58. The average molecular weight is 279 g/mol. The maximum atomic E-state index is 3.68. The molecule has 0 atom stereocenters. The number of benzene rings is 1. The first-order valence-electron chi connectivity index (χ1n) is 5.37. The minimum atomic E-state index is 0.866. The van der Waals surface area contributed by atoms with Gasteiger partial charge < -0.3 is 9.88 Å². The Morgan fingerprint density at radius 1 is 1.38 bits per heavy atom. The Hall–Kier alpha value is -1.06. The molecule has 0 bridgehead atoms. The molecule has 0 spiro atoms. The molecule has 0 aliphatic carbocycles. The molecule has 0 fully saturated rings. The zero-order valence-corrected chi connectivity index (χ0v) is 10.7. The molecule has 0 saturated carbocycles. The summed E-state index contributed by atoms with van der Waals surface area (Å²) in [6.45, 7) is 6.50. The van der Waals surface area contributed by atoms with Crippen LogP contribution < -0.4 is 5.32 Å². The fraction of sp³-hybridized carbons (Fsp3) is 0.231. The van der Waals surface area contributed by atoms with Gasteiger partial charge in [0.25, 0.3) is 0 Å². The van der Waals surface area contributed by atoms with Gasteiger partial charge in [-0.15, -0.1) is 6.58 Å². The van der Waals surface area contributed by atoms with Crippen molar-refractivity contribution in [1.29, 1.82) is 0 Å². The van der Waals surface area contributed by atoms with Crippen molar-refractivity contribution in [1.82, 2.24) is 9.88 Å². The van der Waals surface area contributed by atoms with Crippen molar-refractivity contribution in [3.63, 3.8) is 0 Å². The van der Waals surface area contributed by atoms with Crippen molar-refractivity contribution >= 4 is 26.8 Å². The Morgan fingerprint density at radius 2 is 2.25 bits per heavy atom. The molecule has 0 aliphatic rings. The molecule has 0 saturated heterocycles. The van der Waals surface area contributed by atoms with Gasteiger partial charge in [-0.3, -0.25) is 0 Å². The predicted molar refractivity (Wildman–Crippen MR) is 72.7 cm³/mol. The highest BCUT2D eigenvalue weighted by molar-refractivity contribution is 9.10. The molecule has 0 unspecified atom stereocenters. The zero-order chi connectivity index (χ0) is 11.4. The van der Waals surface area contributed by atoms with Gasteiger partial charge in [0.05, 0.1) is 0 Å². The van der Waals surface area contributed by atoms with Crippen molar-refractivity contribution in [3.8, 4) is 0 Å². The number of aromatic nitrogens is 1. The number of fused-ring (bicyclic) bond motifs is 1. The molecular weight excluding hydrogens is 264 g/mol. The lowest BCUT2D eigenvalue weighted by molar-refractivity contribution is 0.641. The second-order valence-corrected chi connectivity index (χ2v) is 4.62. The number of rotatable bonds is 5. The molecule has 1 N–H and O–H groups in total. The van der Waals surface area contributed by atoms with E-state index in [2.05, 4.69) is 62.9 Å². The molecule has 0 aliphatic heterocycles. The van der Waals surface area contributed by atoms with Crippen molar-refractivity contribution < 1.29 is 0 Å². The maximum absolute atomic E-state index is 3.68. The monoisotopic (exact) mass is 278 g/mol. The molecule has 2 rings (SSSR count). The van der Waals surface area contributed by atoms with Gasteiger partial charge in [0.2, 0.25) is 0 Å². The summed E-state index contributed by atoms with van der Waals surface area (Å²) in [5.74, 6) is 0. The Morgan fingerprint density at radius 3 is 3.06 bits per heavy atom. The lowest BCUT2D eigenvalue weighted by atomic mass is 10.2. The van der Waals surface area contributed by atoms with E-state index in [0.29, 0.717) is 0 Å². The third-order valence-electron chi connectivity index (χ3n) is 2.55. The lowest BCUT2D eigenvalue weighted by Crippen LogP contribution is -2.19. The number of hydrogen-bond donors (Lipinski definition) is 1. The van der Waals surface area contributed by atoms with E-state index in [1.165, 1.54) is 10.9 Å². The van der Waals surface area contributed by atoms with Gasteiger partial charge in [0, 0.05) is 41.2 Å². The van der Waals surface area contributed by atoms with E-state index in [4.69, 9.17) is 0 Å². The SMILES string of the molecule is C=CCNCCn1ccc2cc(Br)ccc21. The maximum Gasteiger partial charge on any atom is 0.0481 e. The van der Waals surface area contributed by atoms with Gasteiger partial charge in [0.1, 0.15) is 0 Å². The van der Waals surface area contributed by atoms with Crippen LogP contribution in [0.1, 0.15) is 0 Å². The second kappa shape index (κ2) is 5.32. The van der Waals surface area contributed by atoms with Crippen LogP contribution in [0.25, 0.3) is 10.9 Å². The minimum absolute atomic E-state index is 0.866.